The van der Waals surface area contributed by atoms with Crippen LogP contribution in [0.2, 0.25) is 0 Å². The number of hydrogen-bond donors (Lipinski definition) is 7. The van der Waals surface area contributed by atoms with Gasteiger partial charge in [0.05, 0.1) is 6.42 Å². The zero-order valence-corrected chi connectivity index (χ0v) is 26.3. The highest BCUT2D eigenvalue weighted by Gasteiger charge is 2.50. The van der Waals surface area contributed by atoms with E-state index < -0.39 is 72.3 Å². The Balaban J connectivity index is 1.46. The lowest BCUT2D eigenvalue weighted by Crippen LogP contribution is -2.58. The molecule has 0 saturated carbocycles. The molecule has 1 aliphatic rings. The summed E-state index contributed by atoms with van der Waals surface area (Å²) in [6, 6.07) is 14.6. The molecule has 252 valence electrons. The van der Waals surface area contributed by atoms with E-state index in [-0.39, 0.29) is 24.8 Å². The minimum absolute atomic E-state index is 0.147. The van der Waals surface area contributed by atoms with E-state index in [0.29, 0.717) is 6.42 Å². The van der Waals surface area contributed by atoms with Crippen molar-refractivity contribution in [2.45, 2.75) is 76.9 Å². The second kappa shape index (κ2) is 17.4. The number of rotatable bonds is 16. The van der Waals surface area contributed by atoms with Gasteiger partial charge in [0.15, 0.2) is 12.2 Å². The van der Waals surface area contributed by atoms with Gasteiger partial charge in [-0.05, 0) is 30.4 Å². The summed E-state index contributed by atoms with van der Waals surface area (Å²) in [4.78, 5) is 87.1. The molecule has 0 bridgehead atoms. The van der Waals surface area contributed by atoms with E-state index in [2.05, 4.69) is 26.7 Å². The van der Waals surface area contributed by atoms with Gasteiger partial charge in [0.2, 0.25) is 17.7 Å². The van der Waals surface area contributed by atoms with Gasteiger partial charge < -0.3 is 31.1 Å². The minimum atomic E-state index is -1.64. The largest absolute Gasteiger partial charge is 0.481 e. The van der Waals surface area contributed by atoms with Crippen LogP contribution in [-0.2, 0) is 51.3 Å². The first-order valence-corrected chi connectivity index (χ1v) is 15.1. The Kier molecular flexibility index (Phi) is 13.4. The SMILES string of the molecule is CC(C)[C@H](NC(=O)CCc1ccccc1)C(=O)N[C@@H](C)C(=O)N[C@@H](CC(=O)O)C(=O)NNC(=O)C1OC1C(=O)NCc1ccccc1. The summed E-state index contributed by atoms with van der Waals surface area (Å²) in [5, 5.41) is 19.3. The summed E-state index contributed by atoms with van der Waals surface area (Å²) in [6.45, 7) is 4.99. The number of benzene rings is 2. The maximum absolute atomic E-state index is 13.0. The fraction of sp³-hybridized carbons (Fsp3) is 0.406. The Hall–Kier alpha value is -5.31. The van der Waals surface area contributed by atoms with Gasteiger partial charge in [-0.25, -0.2) is 0 Å². The predicted molar refractivity (Wildman–Crippen MR) is 167 cm³/mol. The third kappa shape index (κ3) is 11.9. The van der Waals surface area contributed by atoms with Crippen LogP contribution in [0.3, 0.4) is 0 Å². The average molecular weight is 653 g/mol. The van der Waals surface area contributed by atoms with E-state index in [4.69, 9.17) is 4.74 Å². The minimum Gasteiger partial charge on any atom is -0.481 e. The summed E-state index contributed by atoms with van der Waals surface area (Å²) in [7, 11) is 0. The van der Waals surface area contributed by atoms with Crippen molar-refractivity contribution in [3.05, 3.63) is 71.8 Å². The van der Waals surface area contributed by atoms with Gasteiger partial charge in [0.25, 0.3) is 17.7 Å². The quantitative estimate of drug-likeness (QED) is 0.0912. The number of carboxylic acids is 1. The van der Waals surface area contributed by atoms with Gasteiger partial charge in [-0.2, -0.15) is 0 Å². The number of ether oxygens (including phenoxy) is 1. The number of amides is 6. The summed E-state index contributed by atoms with van der Waals surface area (Å²) >= 11 is 0. The van der Waals surface area contributed by atoms with Gasteiger partial charge in [-0.1, -0.05) is 74.5 Å². The molecule has 6 amide bonds. The number of epoxide rings is 1. The van der Waals surface area contributed by atoms with Crippen LogP contribution in [0.1, 0.15) is 44.7 Å². The van der Waals surface area contributed by atoms with Crippen LogP contribution < -0.4 is 32.1 Å². The lowest BCUT2D eigenvalue weighted by atomic mass is 10.0. The van der Waals surface area contributed by atoms with E-state index in [9.17, 15) is 38.7 Å². The van der Waals surface area contributed by atoms with Crippen molar-refractivity contribution in [2.75, 3.05) is 0 Å². The molecule has 47 heavy (non-hydrogen) atoms. The number of carbonyl (C=O) groups excluding carboxylic acids is 6. The maximum Gasteiger partial charge on any atom is 0.305 e. The third-order valence-corrected chi connectivity index (χ3v) is 7.14. The summed E-state index contributed by atoms with van der Waals surface area (Å²) < 4.78 is 5.11. The lowest BCUT2D eigenvalue weighted by Gasteiger charge is -2.25. The van der Waals surface area contributed by atoms with Crippen LogP contribution >= 0.6 is 0 Å². The molecule has 1 heterocycles. The fourth-order valence-corrected chi connectivity index (χ4v) is 4.41. The first-order valence-electron chi connectivity index (χ1n) is 15.1. The van der Waals surface area contributed by atoms with Gasteiger partial charge in [-0.3, -0.25) is 44.4 Å². The molecule has 2 aromatic rings. The molecule has 2 aromatic carbocycles. The smallest absolute Gasteiger partial charge is 0.305 e. The maximum atomic E-state index is 13.0. The van der Waals surface area contributed by atoms with Crippen molar-refractivity contribution >= 4 is 41.4 Å². The molecule has 1 aliphatic heterocycles. The molecule has 15 nitrogen and oxygen atoms in total. The van der Waals surface area contributed by atoms with E-state index >= 15 is 0 Å². The molecule has 15 heteroatoms. The molecule has 2 unspecified atom stereocenters. The van der Waals surface area contributed by atoms with Crippen molar-refractivity contribution in [3.8, 4) is 0 Å². The zero-order chi connectivity index (χ0) is 34.5. The van der Waals surface area contributed by atoms with E-state index in [0.717, 1.165) is 11.1 Å². The van der Waals surface area contributed by atoms with Crippen molar-refractivity contribution in [1.29, 1.82) is 0 Å². The number of hydrazine groups is 1. The Morgan fingerprint density at radius 3 is 1.91 bits per heavy atom. The van der Waals surface area contributed by atoms with Crippen LogP contribution in [0.15, 0.2) is 60.7 Å². The van der Waals surface area contributed by atoms with Crippen LogP contribution in [0.4, 0.5) is 0 Å². The number of hydrogen-bond acceptors (Lipinski definition) is 8. The number of carboxylic acid groups (broad SMARTS) is 1. The first kappa shape index (κ1) is 36.2. The van der Waals surface area contributed by atoms with Crippen molar-refractivity contribution < 1.29 is 43.4 Å². The van der Waals surface area contributed by atoms with E-state index in [1.807, 2.05) is 66.1 Å². The fourth-order valence-electron chi connectivity index (χ4n) is 4.41. The summed E-state index contributed by atoms with van der Waals surface area (Å²) in [6.07, 6.45) is -2.47. The highest BCUT2D eigenvalue weighted by Crippen LogP contribution is 2.22. The molecule has 0 radical (unpaired) electrons. The molecule has 7 N–H and O–H groups in total. The van der Waals surface area contributed by atoms with Crippen LogP contribution in [0, 0.1) is 5.92 Å². The van der Waals surface area contributed by atoms with Crippen molar-refractivity contribution in [2.24, 2.45) is 5.92 Å². The van der Waals surface area contributed by atoms with E-state index in [1.54, 1.807) is 13.8 Å². The second-order valence-corrected chi connectivity index (χ2v) is 11.3. The topological polar surface area (TPSA) is 224 Å². The molecule has 5 atom stereocenters. The zero-order valence-electron chi connectivity index (χ0n) is 26.3. The number of aryl methyl sites for hydroxylation is 1. The second-order valence-electron chi connectivity index (χ2n) is 11.3. The molecule has 0 aliphatic carbocycles. The van der Waals surface area contributed by atoms with Crippen molar-refractivity contribution in [1.82, 2.24) is 32.1 Å². The van der Waals surface area contributed by atoms with Crippen molar-refractivity contribution in [3.63, 3.8) is 0 Å². The van der Waals surface area contributed by atoms with Gasteiger partial charge in [0.1, 0.15) is 18.1 Å². The predicted octanol–water partition coefficient (Wildman–Crippen LogP) is -0.545. The summed E-state index contributed by atoms with van der Waals surface area (Å²) in [5.74, 6) is -6.08. The highest BCUT2D eigenvalue weighted by molar-refractivity contribution is 5.98. The Morgan fingerprint density at radius 2 is 1.32 bits per heavy atom. The number of carbonyl (C=O) groups is 7. The first-order chi connectivity index (χ1) is 22.3. The lowest BCUT2D eigenvalue weighted by molar-refractivity contribution is -0.141. The Bertz CT molecular complexity index is 1440. The van der Waals surface area contributed by atoms with Gasteiger partial charge in [0, 0.05) is 13.0 Å². The van der Waals surface area contributed by atoms with Crippen LogP contribution in [-0.4, -0.2) is 76.9 Å². The van der Waals surface area contributed by atoms with Crippen LogP contribution in [0.25, 0.3) is 0 Å². The Morgan fingerprint density at radius 1 is 0.723 bits per heavy atom. The molecule has 0 spiro atoms. The number of aliphatic carboxylic acids is 1. The molecule has 1 saturated heterocycles. The summed E-state index contributed by atoms with van der Waals surface area (Å²) in [5.41, 5.74) is 5.89. The number of nitrogens with one attached hydrogen (secondary N) is 6. The highest BCUT2D eigenvalue weighted by atomic mass is 16.6. The Labute approximate surface area is 271 Å². The van der Waals surface area contributed by atoms with Gasteiger partial charge >= 0.3 is 5.97 Å². The molecular weight excluding hydrogens is 612 g/mol. The standard InChI is InChI=1S/C32H40N6O9/c1-18(2)25(36-23(39)15-14-20-10-6-4-7-11-20)30(44)34-19(3)28(42)35-22(16-24(40)41)29(43)37-38-32(46)27-26(47-27)31(45)33-17-21-12-8-5-9-13-21/h4-13,18-19,22,25-27H,14-17H2,1-3H3,(H,33,45)(H,34,44)(H,35,42)(H,36,39)(H,37,43)(H,38,46)(H,40,41)/t19-,22-,25-,26?,27?/m0/s1. The molecule has 3 rings (SSSR count). The molecular formula is C32H40N6O9. The molecule has 0 aromatic heterocycles. The monoisotopic (exact) mass is 652 g/mol. The average Bonchev–Trinajstić information content (AvgIpc) is 3.85. The third-order valence-electron chi connectivity index (χ3n) is 7.14. The molecule has 1 fully saturated rings. The normalized spacial score (nSPS) is 16.9. The van der Waals surface area contributed by atoms with E-state index in [1.165, 1.54) is 6.92 Å². The van der Waals surface area contributed by atoms with Crippen LogP contribution in [0.5, 0.6) is 0 Å². The van der Waals surface area contributed by atoms with Gasteiger partial charge in [-0.15, -0.1) is 0 Å².